The quantitative estimate of drug-likeness (QED) is 0.177. The maximum Gasteiger partial charge on any atom is 0.331 e. The van der Waals surface area contributed by atoms with Crippen LogP contribution in [-0.4, -0.2) is 32.0 Å². The normalized spacial score (nSPS) is 13.0. The maximum absolute atomic E-state index is 12.8. The molecule has 0 saturated carbocycles. The average Bonchev–Trinajstić information content (AvgIpc) is 2.61. The summed E-state index contributed by atoms with van der Waals surface area (Å²) >= 11 is 0. The fraction of sp³-hybridized carbons (Fsp3) is 0.947. The summed E-state index contributed by atoms with van der Waals surface area (Å²) in [5.41, 5.74) is 0. The largest absolute Gasteiger partial charge is 0.465 e. The summed E-state index contributed by atoms with van der Waals surface area (Å²) < 4.78 is 29.1. The Labute approximate surface area is 154 Å². The van der Waals surface area contributed by atoms with E-state index in [1.54, 1.807) is 0 Å². The van der Waals surface area contributed by atoms with Crippen LogP contribution in [0.4, 0.5) is 0 Å². The van der Waals surface area contributed by atoms with Gasteiger partial charge in [0, 0.05) is 0 Å². The van der Waals surface area contributed by atoms with Crippen LogP contribution >= 0.6 is 7.60 Å². The van der Waals surface area contributed by atoms with Crippen molar-refractivity contribution in [2.75, 3.05) is 26.0 Å². The summed E-state index contributed by atoms with van der Waals surface area (Å²) in [7, 11) is -3.21. The van der Waals surface area contributed by atoms with Crippen LogP contribution in [0.2, 0.25) is 0 Å². The lowest BCUT2D eigenvalue weighted by molar-refractivity contribution is -0.144. The van der Waals surface area contributed by atoms with Crippen LogP contribution in [0.5, 0.6) is 0 Å². The van der Waals surface area contributed by atoms with Gasteiger partial charge in [0.15, 0.2) is 0 Å². The Hall–Kier alpha value is -0.380. The number of hydrogen-bond donors (Lipinski definition) is 0. The second-order valence-corrected chi connectivity index (χ2v) is 8.74. The second kappa shape index (κ2) is 15.8. The van der Waals surface area contributed by atoms with Gasteiger partial charge in [-0.05, 0) is 25.2 Å². The fourth-order valence-corrected chi connectivity index (χ4v) is 3.88. The minimum atomic E-state index is -3.21. The summed E-state index contributed by atoms with van der Waals surface area (Å²) in [6.07, 6.45) is 8.18. The molecule has 0 radical (unpaired) electrons. The van der Waals surface area contributed by atoms with Crippen LogP contribution in [0.25, 0.3) is 0 Å². The zero-order chi connectivity index (χ0) is 19.0. The molecule has 0 amide bonds. The molecule has 0 aromatic heterocycles. The van der Waals surface area contributed by atoms with Gasteiger partial charge in [0.1, 0.15) is 0 Å². The van der Waals surface area contributed by atoms with Gasteiger partial charge >= 0.3 is 13.6 Å². The number of esters is 1. The molecule has 1 atom stereocenters. The van der Waals surface area contributed by atoms with Crippen molar-refractivity contribution in [2.24, 2.45) is 5.92 Å². The standard InChI is InChI=1S/C19H39O5P/c1-5-9-12-18(8-4)17-22-19(20)13-16-25(21,23-14-10-6-2)24-15-11-7-3/h18H,5-17H2,1-4H3/t18-/m1/s1. The van der Waals surface area contributed by atoms with Crippen LogP contribution in [0.1, 0.15) is 85.5 Å². The van der Waals surface area contributed by atoms with Crippen LogP contribution < -0.4 is 0 Å². The highest BCUT2D eigenvalue weighted by atomic mass is 31.2. The number of hydrogen-bond acceptors (Lipinski definition) is 5. The Morgan fingerprint density at radius 3 is 1.96 bits per heavy atom. The van der Waals surface area contributed by atoms with Crippen LogP contribution in [-0.2, 0) is 23.1 Å². The number of rotatable bonds is 17. The van der Waals surface area contributed by atoms with Gasteiger partial charge in [0.05, 0.1) is 32.4 Å². The van der Waals surface area contributed by atoms with Crippen molar-refractivity contribution in [3.63, 3.8) is 0 Å². The summed E-state index contributed by atoms with van der Waals surface area (Å²) in [4.78, 5) is 12.0. The molecule has 0 unspecified atom stereocenters. The zero-order valence-electron chi connectivity index (χ0n) is 16.8. The van der Waals surface area contributed by atoms with E-state index in [-0.39, 0.29) is 18.6 Å². The number of ether oxygens (including phenoxy) is 1. The van der Waals surface area contributed by atoms with E-state index in [9.17, 15) is 9.36 Å². The predicted molar refractivity (Wildman–Crippen MR) is 103 cm³/mol. The smallest absolute Gasteiger partial charge is 0.331 e. The molecule has 0 fully saturated rings. The SMILES string of the molecule is CCCCOP(=O)(CCC(=O)OC[C@H](CC)CCCC)OCCCC. The maximum atomic E-state index is 12.8. The summed E-state index contributed by atoms with van der Waals surface area (Å²) in [5.74, 6) is 0.102. The minimum Gasteiger partial charge on any atom is -0.465 e. The monoisotopic (exact) mass is 378 g/mol. The van der Waals surface area contributed by atoms with E-state index in [1.807, 2.05) is 13.8 Å². The van der Waals surface area contributed by atoms with Crippen LogP contribution in [0.15, 0.2) is 0 Å². The first-order valence-electron chi connectivity index (χ1n) is 10.0. The molecule has 0 aliphatic rings. The molecule has 0 heterocycles. The van der Waals surface area contributed by atoms with Crippen molar-refractivity contribution >= 4 is 13.6 Å². The van der Waals surface area contributed by atoms with Gasteiger partial charge in [-0.1, -0.05) is 59.8 Å². The number of carbonyl (C=O) groups is 1. The zero-order valence-corrected chi connectivity index (χ0v) is 17.7. The molecule has 0 aliphatic heterocycles. The molecular formula is C19H39O5P. The van der Waals surface area contributed by atoms with Crippen molar-refractivity contribution in [3.8, 4) is 0 Å². The van der Waals surface area contributed by atoms with Crippen molar-refractivity contribution < 1.29 is 23.1 Å². The third kappa shape index (κ3) is 13.5. The van der Waals surface area contributed by atoms with Gasteiger partial charge in [-0.15, -0.1) is 0 Å². The summed E-state index contributed by atoms with van der Waals surface area (Å²) in [6, 6.07) is 0. The van der Waals surface area contributed by atoms with E-state index >= 15 is 0 Å². The van der Waals surface area contributed by atoms with Crippen molar-refractivity contribution in [3.05, 3.63) is 0 Å². The topological polar surface area (TPSA) is 61.8 Å². The number of unbranched alkanes of at least 4 members (excludes halogenated alkanes) is 3. The molecule has 25 heavy (non-hydrogen) atoms. The highest BCUT2D eigenvalue weighted by Gasteiger charge is 2.26. The van der Waals surface area contributed by atoms with Gasteiger partial charge < -0.3 is 13.8 Å². The van der Waals surface area contributed by atoms with Gasteiger partial charge in [-0.3, -0.25) is 9.36 Å². The van der Waals surface area contributed by atoms with E-state index in [1.165, 1.54) is 0 Å². The highest BCUT2D eigenvalue weighted by Crippen LogP contribution is 2.49. The van der Waals surface area contributed by atoms with Gasteiger partial charge in [-0.25, -0.2) is 0 Å². The van der Waals surface area contributed by atoms with Crippen LogP contribution in [0.3, 0.4) is 0 Å². The van der Waals surface area contributed by atoms with Gasteiger partial charge in [-0.2, -0.15) is 0 Å². The Morgan fingerprint density at radius 1 is 0.920 bits per heavy atom. The van der Waals surface area contributed by atoms with Crippen molar-refractivity contribution in [2.45, 2.75) is 85.5 Å². The highest BCUT2D eigenvalue weighted by molar-refractivity contribution is 7.53. The molecule has 0 saturated heterocycles. The second-order valence-electron chi connectivity index (χ2n) is 6.56. The average molecular weight is 378 g/mol. The van der Waals surface area contributed by atoms with E-state index in [0.29, 0.717) is 25.7 Å². The number of carbonyl (C=O) groups excluding carboxylic acids is 1. The lowest BCUT2D eigenvalue weighted by Crippen LogP contribution is -2.15. The molecule has 0 spiro atoms. The molecule has 6 heteroatoms. The lowest BCUT2D eigenvalue weighted by atomic mass is 10.0. The van der Waals surface area contributed by atoms with E-state index < -0.39 is 7.60 Å². The first-order chi connectivity index (χ1) is 12.0. The van der Waals surface area contributed by atoms with Crippen LogP contribution in [0, 0.1) is 5.92 Å². The molecule has 0 N–H and O–H groups in total. The third-order valence-corrected chi connectivity index (χ3v) is 6.11. The fourth-order valence-electron chi connectivity index (χ4n) is 2.27. The molecule has 5 nitrogen and oxygen atoms in total. The Bertz CT molecular complexity index is 359. The molecule has 0 aromatic rings. The Morgan fingerprint density at radius 2 is 1.48 bits per heavy atom. The molecule has 150 valence electrons. The van der Waals surface area contributed by atoms with Crippen molar-refractivity contribution in [1.29, 1.82) is 0 Å². The van der Waals surface area contributed by atoms with Crippen molar-refractivity contribution in [1.82, 2.24) is 0 Å². The van der Waals surface area contributed by atoms with Gasteiger partial charge in [0.25, 0.3) is 0 Å². The lowest BCUT2D eigenvalue weighted by Gasteiger charge is -2.19. The molecular weight excluding hydrogens is 339 g/mol. The first-order valence-corrected chi connectivity index (χ1v) is 11.8. The van der Waals surface area contributed by atoms with Gasteiger partial charge in [0.2, 0.25) is 0 Å². The first kappa shape index (κ1) is 24.6. The van der Waals surface area contributed by atoms with E-state index in [4.69, 9.17) is 13.8 Å². The molecule has 0 aromatic carbocycles. The summed E-state index contributed by atoms with van der Waals surface area (Å²) in [5, 5.41) is 0. The third-order valence-electron chi connectivity index (χ3n) is 4.18. The molecule has 0 bridgehead atoms. The van der Waals surface area contributed by atoms with E-state index in [2.05, 4.69) is 13.8 Å². The summed E-state index contributed by atoms with van der Waals surface area (Å²) in [6.45, 7) is 9.64. The Balaban J connectivity index is 4.30. The molecule has 0 rings (SSSR count). The van der Waals surface area contributed by atoms with E-state index in [0.717, 1.165) is 51.4 Å². The molecule has 0 aliphatic carbocycles. The predicted octanol–water partition coefficient (Wildman–Crippen LogP) is 5.96. The Kier molecular flexibility index (Phi) is 15.6. The minimum absolute atomic E-state index is 0.0831.